The number of rotatable bonds is 3. The number of benzene rings is 4. The summed E-state index contributed by atoms with van der Waals surface area (Å²) in [6, 6.07) is 19.8. The summed E-state index contributed by atoms with van der Waals surface area (Å²) in [4.78, 5) is 30.3. The molecule has 0 bridgehead atoms. The van der Waals surface area contributed by atoms with Gasteiger partial charge in [0.15, 0.2) is 22.0 Å². The van der Waals surface area contributed by atoms with Crippen LogP contribution in [0.25, 0.3) is 43.7 Å². The third-order valence-electron chi connectivity index (χ3n) is 5.56. The first-order chi connectivity index (χ1) is 15.2. The van der Waals surface area contributed by atoms with E-state index in [0.29, 0.717) is 56.2 Å². The van der Waals surface area contributed by atoms with Gasteiger partial charge in [-0.15, -0.1) is 0 Å². The van der Waals surface area contributed by atoms with Crippen LogP contribution in [0.2, 0.25) is 0 Å². The average molecular weight is 408 g/mol. The van der Waals surface area contributed by atoms with Gasteiger partial charge in [-0.3, -0.25) is 9.59 Å². The molecule has 2 aromatic heterocycles. The number of aromatic amines is 1. The molecule has 6 nitrogen and oxygen atoms in total. The van der Waals surface area contributed by atoms with E-state index in [-0.39, 0.29) is 10.9 Å². The second kappa shape index (κ2) is 6.60. The zero-order chi connectivity index (χ0) is 20.9. The SMILES string of the molecule is O=c1c2ccccc2c(=O)c2c1c(NCc1ccco1)cc1oc3ccccc3[nH]c12. The molecule has 2 N–H and O–H groups in total. The van der Waals surface area contributed by atoms with Crippen molar-refractivity contribution in [2.24, 2.45) is 0 Å². The molecule has 2 heterocycles. The molecular weight excluding hydrogens is 392 g/mol. The zero-order valence-corrected chi connectivity index (χ0v) is 16.3. The number of furan rings is 1. The van der Waals surface area contributed by atoms with Gasteiger partial charge in [0.2, 0.25) is 0 Å². The number of para-hydroxylation sites is 2. The van der Waals surface area contributed by atoms with E-state index in [1.807, 2.05) is 30.3 Å². The summed E-state index contributed by atoms with van der Waals surface area (Å²) in [5.74, 6) is 0.714. The molecule has 0 aliphatic carbocycles. The van der Waals surface area contributed by atoms with Crippen LogP contribution in [-0.2, 0) is 6.54 Å². The molecular formula is C25H16N2O4. The number of fused-ring (bicyclic) bond motifs is 5. The molecule has 0 amide bonds. The highest BCUT2D eigenvalue weighted by atomic mass is 16.3. The lowest BCUT2D eigenvalue weighted by molar-refractivity contribution is 0.518. The van der Waals surface area contributed by atoms with Crippen LogP contribution in [0.15, 0.2) is 91.4 Å². The smallest absolute Gasteiger partial charge is 0.196 e. The van der Waals surface area contributed by atoms with Crippen molar-refractivity contribution in [2.75, 3.05) is 5.32 Å². The van der Waals surface area contributed by atoms with E-state index in [4.69, 9.17) is 8.83 Å². The van der Waals surface area contributed by atoms with E-state index >= 15 is 0 Å². The lowest BCUT2D eigenvalue weighted by Gasteiger charge is -2.12. The molecule has 150 valence electrons. The molecule has 0 aliphatic rings. The van der Waals surface area contributed by atoms with Crippen LogP contribution < -0.4 is 16.2 Å². The van der Waals surface area contributed by atoms with Crippen LogP contribution in [-0.4, -0.2) is 4.98 Å². The summed E-state index contributed by atoms with van der Waals surface area (Å²) in [5.41, 5.74) is 2.51. The van der Waals surface area contributed by atoms with Gasteiger partial charge in [0.25, 0.3) is 0 Å². The summed E-state index contributed by atoms with van der Waals surface area (Å²) in [7, 11) is 0. The number of H-pyrrole nitrogens is 1. The number of aromatic nitrogens is 1. The van der Waals surface area contributed by atoms with Gasteiger partial charge >= 0.3 is 0 Å². The van der Waals surface area contributed by atoms with E-state index in [9.17, 15) is 9.59 Å². The van der Waals surface area contributed by atoms with E-state index in [1.165, 1.54) is 0 Å². The lowest BCUT2D eigenvalue weighted by atomic mass is 9.99. The standard InChI is InChI=1S/C25H16N2O4/c28-24-15-7-1-2-8-16(15)25(29)22-21(24)18(26-13-14-6-5-11-30-14)12-20-23(22)27-17-9-3-4-10-19(17)31-20/h1-12,26-27H,13H2. The molecule has 0 saturated carbocycles. The maximum Gasteiger partial charge on any atom is 0.196 e. The fourth-order valence-corrected chi connectivity index (χ4v) is 4.12. The third-order valence-corrected chi connectivity index (χ3v) is 5.56. The molecule has 0 aliphatic heterocycles. The minimum Gasteiger partial charge on any atom is -0.467 e. The van der Waals surface area contributed by atoms with Crippen molar-refractivity contribution in [3.63, 3.8) is 0 Å². The molecule has 0 radical (unpaired) electrons. The summed E-state index contributed by atoms with van der Waals surface area (Å²) in [6.07, 6.45) is 1.59. The largest absolute Gasteiger partial charge is 0.467 e. The molecule has 0 atom stereocenters. The molecule has 6 aromatic rings. The Morgan fingerprint density at radius 3 is 2.32 bits per heavy atom. The molecule has 4 aromatic carbocycles. The van der Waals surface area contributed by atoms with Gasteiger partial charge in [0.1, 0.15) is 5.76 Å². The fourth-order valence-electron chi connectivity index (χ4n) is 4.12. The molecule has 0 fully saturated rings. The topological polar surface area (TPSA) is 88.2 Å². The van der Waals surface area contributed by atoms with Gasteiger partial charge in [-0.05, 0) is 24.3 Å². The first kappa shape index (κ1) is 17.5. The maximum atomic E-state index is 13.5. The maximum absolute atomic E-state index is 13.5. The van der Waals surface area contributed by atoms with Crippen molar-refractivity contribution >= 4 is 49.4 Å². The van der Waals surface area contributed by atoms with Crippen LogP contribution >= 0.6 is 0 Å². The van der Waals surface area contributed by atoms with Crippen LogP contribution in [0.5, 0.6) is 0 Å². The number of anilines is 1. The Kier molecular flexibility index (Phi) is 3.73. The second-order valence-corrected chi connectivity index (χ2v) is 7.41. The predicted octanol–water partition coefficient (Wildman–Crippen LogP) is 5.15. The molecule has 0 unspecified atom stereocenters. The van der Waals surface area contributed by atoms with Gasteiger partial charge in [-0.1, -0.05) is 36.4 Å². The van der Waals surface area contributed by atoms with Crippen molar-refractivity contribution in [1.29, 1.82) is 0 Å². The first-order valence-electron chi connectivity index (χ1n) is 9.90. The molecule has 0 saturated heterocycles. The zero-order valence-electron chi connectivity index (χ0n) is 16.3. The highest BCUT2D eigenvalue weighted by Crippen LogP contribution is 2.31. The number of hydrogen-bond donors (Lipinski definition) is 2. The quantitative estimate of drug-likeness (QED) is 0.312. The van der Waals surface area contributed by atoms with E-state index in [0.717, 1.165) is 5.52 Å². The molecule has 6 rings (SSSR count). The van der Waals surface area contributed by atoms with Gasteiger partial charge in [-0.25, -0.2) is 0 Å². The Morgan fingerprint density at radius 1 is 0.806 bits per heavy atom. The van der Waals surface area contributed by atoms with Crippen molar-refractivity contribution < 1.29 is 8.83 Å². The lowest BCUT2D eigenvalue weighted by Crippen LogP contribution is -2.15. The summed E-state index contributed by atoms with van der Waals surface area (Å²) in [6.45, 7) is 0.366. The van der Waals surface area contributed by atoms with Gasteiger partial charge in [-0.2, -0.15) is 0 Å². The van der Waals surface area contributed by atoms with Gasteiger partial charge in [0.05, 0.1) is 40.3 Å². The molecule has 31 heavy (non-hydrogen) atoms. The average Bonchev–Trinajstić information content (AvgIpc) is 3.33. The van der Waals surface area contributed by atoms with Crippen LogP contribution in [0, 0.1) is 0 Å². The Bertz CT molecular complexity index is 1730. The van der Waals surface area contributed by atoms with Crippen LogP contribution in [0.3, 0.4) is 0 Å². The Morgan fingerprint density at radius 2 is 1.55 bits per heavy atom. The summed E-state index contributed by atoms with van der Waals surface area (Å²) in [5, 5.41) is 4.71. The third kappa shape index (κ3) is 2.65. The number of hydrogen-bond acceptors (Lipinski definition) is 5. The van der Waals surface area contributed by atoms with Crippen molar-refractivity contribution in [3.8, 4) is 0 Å². The normalized spacial score (nSPS) is 11.6. The highest BCUT2D eigenvalue weighted by molar-refractivity contribution is 6.14. The van der Waals surface area contributed by atoms with Gasteiger partial charge < -0.3 is 19.1 Å². The Hall–Kier alpha value is -4.32. The minimum atomic E-state index is -0.210. The monoisotopic (exact) mass is 408 g/mol. The van der Waals surface area contributed by atoms with Crippen LogP contribution in [0.1, 0.15) is 5.76 Å². The highest BCUT2D eigenvalue weighted by Gasteiger charge is 2.19. The fraction of sp³-hybridized carbons (Fsp3) is 0.0400. The minimum absolute atomic E-state index is 0.199. The Balaban J connectivity index is 1.77. The van der Waals surface area contributed by atoms with E-state index < -0.39 is 0 Å². The first-order valence-corrected chi connectivity index (χ1v) is 9.90. The van der Waals surface area contributed by atoms with E-state index in [2.05, 4.69) is 10.3 Å². The van der Waals surface area contributed by atoms with Crippen molar-refractivity contribution in [2.45, 2.75) is 6.54 Å². The summed E-state index contributed by atoms with van der Waals surface area (Å²) >= 11 is 0. The second-order valence-electron chi connectivity index (χ2n) is 7.41. The predicted molar refractivity (Wildman–Crippen MR) is 122 cm³/mol. The van der Waals surface area contributed by atoms with Crippen molar-refractivity contribution in [3.05, 3.63) is 99.2 Å². The van der Waals surface area contributed by atoms with Gasteiger partial charge in [0, 0.05) is 16.8 Å². The van der Waals surface area contributed by atoms with E-state index in [1.54, 1.807) is 42.7 Å². The Labute approximate surface area is 174 Å². The number of nitrogens with one attached hydrogen (secondary N) is 2. The van der Waals surface area contributed by atoms with Crippen LogP contribution in [0.4, 0.5) is 5.69 Å². The molecule has 0 spiro atoms. The summed E-state index contributed by atoms with van der Waals surface area (Å²) < 4.78 is 11.5. The van der Waals surface area contributed by atoms with Crippen molar-refractivity contribution in [1.82, 2.24) is 4.98 Å². The molecule has 6 heteroatoms.